The average Bonchev–Trinajstić information content (AvgIpc) is 3.15. The molecule has 1 saturated heterocycles. The van der Waals surface area contributed by atoms with Gasteiger partial charge >= 0.3 is 0 Å². The van der Waals surface area contributed by atoms with E-state index in [0.29, 0.717) is 30.0 Å². The number of ether oxygens (including phenoxy) is 1. The molecule has 2 aromatic rings. The van der Waals surface area contributed by atoms with Crippen molar-refractivity contribution in [1.82, 2.24) is 9.91 Å². The minimum absolute atomic E-state index is 0.0242. The van der Waals surface area contributed by atoms with Gasteiger partial charge in [-0.1, -0.05) is 30.3 Å². The molecule has 1 fully saturated rings. The fourth-order valence-electron chi connectivity index (χ4n) is 3.66. The number of amides is 2. The van der Waals surface area contributed by atoms with Crippen LogP contribution in [-0.4, -0.2) is 41.2 Å². The van der Waals surface area contributed by atoms with Crippen LogP contribution in [0.25, 0.3) is 0 Å². The molecule has 27 heavy (non-hydrogen) atoms. The molecule has 1 unspecified atom stereocenters. The predicted octanol–water partition coefficient (Wildman–Crippen LogP) is 3.21. The van der Waals surface area contributed by atoms with Gasteiger partial charge in [0, 0.05) is 25.2 Å². The summed E-state index contributed by atoms with van der Waals surface area (Å²) in [4.78, 5) is 27.5. The summed E-state index contributed by atoms with van der Waals surface area (Å²) in [5, 5.41) is 5.23. The highest BCUT2D eigenvalue weighted by Crippen LogP contribution is 2.35. The lowest BCUT2D eigenvalue weighted by atomic mass is 10.0. The van der Waals surface area contributed by atoms with E-state index < -0.39 is 0 Å². The van der Waals surface area contributed by atoms with Crippen LogP contribution in [0.2, 0.25) is 0 Å². The van der Waals surface area contributed by atoms with E-state index in [1.165, 1.54) is 5.01 Å². The first kappa shape index (κ1) is 17.3. The van der Waals surface area contributed by atoms with E-state index in [-0.39, 0.29) is 18.0 Å². The van der Waals surface area contributed by atoms with Crippen LogP contribution >= 0.6 is 0 Å². The highest BCUT2D eigenvalue weighted by Gasteiger charge is 2.37. The van der Waals surface area contributed by atoms with Gasteiger partial charge in [0.05, 0.1) is 12.1 Å². The van der Waals surface area contributed by atoms with Crippen LogP contribution in [-0.2, 0) is 6.54 Å². The normalized spacial score (nSPS) is 17.7. The number of nitrogens with zero attached hydrogens (tertiary/aromatic N) is 3. The zero-order chi connectivity index (χ0) is 19.0. The van der Waals surface area contributed by atoms with E-state index in [1.807, 2.05) is 37.3 Å². The lowest BCUT2D eigenvalue weighted by Gasteiger charge is -2.32. The van der Waals surface area contributed by atoms with E-state index >= 15 is 0 Å². The Morgan fingerprint density at radius 1 is 1.33 bits per heavy atom. The molecule has 2 amide bonds. The maximum Gasteiger partial charge on any atom is 0.274 e. The van der Waals surface area contributed by atoms with E-state index in [1.54, 1.807) is 17.0 Å². The van der Waals surface area contributed by atoms with Crippen molar-refractivity contribution in [1.29, 1.82) is 0 Å². The van der Waals surface area contributed by atoms with Crippen molar-refractivity contribution < 1.29 is 14.3 Å². The minimum Gasteiger partial charge on any atom is -0.470 e. The van der Waals surface area contributed by atoms with Gasteiger partial charge in [-0.25, -0.2) is 5.01 Å². The van der Waals surface area contributed by atoms with E-state index in [0.717, 1.165) is 24.0 Å². The molecule has 0 aliphatic carbocycles. The number of hydrogen-bond acceptors (Lipinski definition) is 4. The number of rotatable bonds is 4. The number of carbonyl (C=O) groups is 2. The second-order valence-corrected chi connectivity index (χ2v) is 6.87. The van der Waals surface area contributed by atoms with Crippen molar-refractivity contribution in [3.63, 3.8) is 0 Å². The molecular weight excluding hydrogens is 342 g/mol. The molecule has 4 rings (SSSR count). The van der Waals surface area contributed by atoms with Gasteiger partial charge in [0.2, 0.25) is 0 Å². The fraction of sp³-hybridized carbons (Fsp3) is 0.286. The van der Waals surface area contributed by atoms with Crippen molar-refractivity contribution in [2.75, 3.05) is 6.54 Å². The molecule has 0 bridgehead atoms. The van der Waals surface area contributed by atoms with E-state index in [4.69, 9.17) is 4.74 Å². The predicted molar refractivity (Wildman–Crippen MR) is 102 cm³/mol. The van der Waals surface area contributed by atoms with Crippen LogP contribution in [0.5, 0.6) is 5.75 Å². The van der Waals surface area contributed by atoms with Gasteiger partial charge in [0.25, 0.3) is 11.8 Å². The topological polar surface area (TPSA) is 62.2 Å². The van der Waals surface area contributed by atoms with E-state index in [2.05, 4.69) is 11.8 Å². The van der Waals surface area contributed by atoms with Crippen molar-refractivity contribution in [3.8, 4) is 5.75 Å². The SMILES string of the molecule is C=NN(Cc1ccccc1)C(=O)c1cc2c(cc1C)C(=O)N1CCCC1O2. The van der Waals surface area contributed by atoms with Gasteiger partial charge < -0.3 is 9.64 Å². The summed E-state index contributed by atoms with van der Waals surface area (Å²) < 4.78 is 5.99. The Kier molecular flexibility index (Phi) is 4.39. The van der Waals surface area contributed by atoms with Gasteiger partial charge in [-0.05, 0) is 36.6 Å². The monoisotopic (exact) mass is 363 g/mol. The van der Waals surface area contributed by atoms with Crippen molar-refractivity contribution in [2.24, 2.45) is 5.10 Å². The molecule has 2 aliphatic rings. The zero-order valence-electron chi connectivity index (χ0n) is 15.2. The Bertz CT molecular complexity index is 910. The molecule has 0 saturated carbocycles. The Hall–Kier alpha value is -3.15. The molecule has 6 nitrogen and oxygen atoms in total. The molecule has 2 aromatic carbocycles. The molecule has 0 aromatic heterocycles. The summed E-state index contributed by atoms with van der Waals surface area (Å²) >= 11 is 0. The van der Waals surface area contributed by atoms with Crippen LogP contribution < -0.4 is 4.74 Å². The third-order valence-electron chi connectivity index (χ3n) is 5.09. The number of hydrogen-bond donors (Lipinski definition) is 0. The Labute approximate surface area is 158 Å². The number of carbonyl (C=O) groups excluding carboxylic acids is 2. The molecule has 1 atom stereocenters. The lowest BCUT2D eigenvalue weighted by Crippen LogP contribution is -2.43. The second kappa shape index (κ2) is 6.87. The van der Waals surface area contributed by atoms with Crippen LogP contribution in [0, 0.1) is 6.92 Å². The first-order valence-electron chi connectivity index (χ1n) is 9.03. The first-order valence-corrected chi connectivity index (χ1v) is 9.03. The van der Waals surface area contributed by atoms with Gasteiger partial charge in [-0.15, -0.1) is 0 Å². The highest BCUT2D eigenvalue weighted by molar-refractivity contribution is 6.02. The van der Waals surface area contributed by atoms with Crippen LogP contribution in [0.4, 0.5) is 0 Å². The molecule has 0 spiro atoms. The molecule has 2 heterocycles. The van der Waals surface area contributed by atoms with Crippen molar-refractivity contribution in [2.45, 2.75) is 32.5 Å². The molecule has 138 valence electrons. The van der Waals surface area contributed by atoms with Gasteiger partial charge in [0.15, 0.2) is 6.23 Å². The molecule has 6 heteroatoms. The molecule has 0 N–H and O–H groups in total. The third kappa shape index (κ3) is 3.07. The number of hydrazone groups is 1. The van der Waals surface area contributed by atoms with Crippen LogP contribution in [0.1, 0.15) is 44.7 Å². The largest absolute Gasteiger partial charge is 0.470 e. The summed E-state index contributed by atoms with van der Waals surface area (Å²) in [5.74, 6) is 0.184. The molecule has 0 radical (unpaired) electrons. The summed E-state index contributed by atoms with van der Waals surface area (Å²) in [6.07, 6.45) is 1.52. The zero-order valence-corrected chi connectivity index (χ0v) is 15.2. The Morgan fingerprint density at radius 3 is 2.85 bits per heavy atom. The summed E-state index contributed by atoms with van der Waals surface area (Å²) in [5.41, 5.74) is 2.66. The van der Waals surface area contributed by atoms with Crippen molar-refractivity contribution >= 4 is 18.5 Å². The molecule has 2 aliphatic heterocycles. The maximum atomic E-state index is 13.0. The minimum atomic E-state index is -0.265. The number of fused-ring (bicyclic) bond motifs is 2. The van der Waals surface area contributed by atoms with Gasteiger partial charge in [-0.3, -0.25) is 9.59 Å². The molecular formula is C21H21N3O3. The Morgan fingerprint density at radius 2 is 2.11 bits per heavy atom. The average molecular weight is 363 g/mol. The Balaban J connectivity index is 1.64. The quantitative estimate of drug-likeness (QED) is 0.619. The van der Waals surface area contributed by atoms with Gasteiger partial charge in [-0.2, -0.15) is 5.10 Å². The van der Waals surface area contributed by atoms with E-state index in [9.17, 15) is 9.59 Å². The smallest absolute Gasteiger partial charge is 0.274 e. The standard InChI is InChI=1S/C21H21N3O3/c1-14-11-17-18(27-19-9-6-10-23(19)20(17)25)12-16(14)21(26)24(22-2)13-15-7-4-3-5-8-15/h3-5,7-8,11-12,19H,2,6,9-10,13H2,1H3. The van der Waals surface area contributed by atoms with Crippen molar-refractivity contribution in [3.05, 3.63) is 64.7 Å². The van der Waals surface area contributed by atoms with Crippen LogP contribution in [0.3, 0.4) is 0 Å². The summed E-state index contributed by atoms with van der Waals surface area (Å²) in [6, 6.07) is 13.0. The first-order chi connectivity index (χ1) is 13.1. The maximum absolute atomic E-state index is 13.0. The van der Waals surface area contributed by atoms with Gasteiger partial charge in [0.1, 0.15) is 5.75 Å². The van der Waals surface area contributed by atoms with Crippen LogP contribution in [0.15, 0.2) is 47.6 Å². The third-order valence-corrected chi connectivity index (χ3v) is 5.09. The summed E-state index contributed by atoms with van der Waals surface area (Å²) in [7, 11) is 0. The lowest BCUT2D eigenvalue weighted by molar-refractivity contribution is 0.0292. The number of benzene rings is 2. The fourth-order valence-corrected chi connectivity index (χ4v) is 3.66. The number of aryl methyl sites for hydroxylation is 1. The summed E-state index contributed by atoms with van der Waals surface area (Å²) in [6.45, 7) is 6.41. The second-order valence-electron chi connectivity index (χ2n) is 6.87. The highest BCUT2D eigenvalue weighted by atomic mass is 16.5.